The van der Waals surface area contributed by atoms with Crippen LogP contribution in [0.3, 0.4) is 0 Å². The van der Waals surface area contributed by atoms with Gasteiger partial charge in [-0.2, -0.15) is 0 Å². The van der Waals surface area contributed by atoms with E-state index in [0.29, 0.717) is 11.4 Å². The minimum Gasteiger partial charge on any atom is -0.497 e. The summed E-state index contributed by atoms with van der Waals surface area (Å²) in [5.41, 5.74) is 1.77. The summed E-state index contributed by atoms with van der Waals surface area (Å²) in [4.78, 5) is 12.1. The highest BCUT2D eigenvalue weighted by Gasteiger charge is 2.13. The average Bonchev–Trinajstić information content (AvgIpc) is 3.06. The normalized spacial score (nSPS) is 10.2. The summed E-state index contributed by atoms with van der Waals surface area (Å²) in [5, 5.41) is 6.57. The molecule has 1 amide bonds. The van der Waals surface area contributed by atoms with Gasteiger partial charge < -0.3 is 14.6 Å². The highest BCUT2D eigenvalue weighted by Crippen LogP contribution is 2.21. The van der Waals surface area contributed by atoms with Crippen molar-refractivity contribution < 1.29 is 14.1 Å². The minimum atomic E-state index is -0.323. The van der Waals surface area contributed by atoms with Gasteiger partial charge in [-0.15, -0.1) is 0 Å². The maximum atomic E-state index is 12.1. The molecule has 5 heteroatoms. The van der Waals surface area contributed by atoms with Crippen LogP contribution in [-0.2, 0) is 0 Å². The molecule has 0 aliphatic carbocycles. The third-order valence-electron chi connectivity index (χ3n) is 3.15. The zero-order valence-electron chi connectivity index (χ0n) is 11.9. The Kier molecular flexibility index (Phi) is 3.87. The van der Waals surface area contributed by atoms with Gasteiger partial charge in [0.05, 0.1) is 7.11 Å². The number of hydrogen-bond acceptors (Lipinski definition) is 4. The van der Waals surface area contributed by atoms with Crippen molar-refractivity contribution >= 4 is 11.6 Å². The van der Waals surface area contributed by atoms with E-state index in [2.05, 4.69) is 10.5 Å². The van der Waals surface area contributed by atoms with Crippen LogP contribution in [0.1, 0.15) is 10.5 Å². The molecule has 0 radical (unpaired) electrons. The van der Waals surface area contributed by atoms with E-state index in [1.807, 2.05) is 30.3 Å². The van der Waals surface area contributed by atoms with Gasteiger partial charge in [-0.1, -0.05) is 35.5 Å². The van der Waals surface area contributed by atoms with Crippen molar-refractivity contribution in [3.05, 3.63) is 66.4 Å². The predicted molar refractivity (Wildman–Crippen MR) is 82.9 cm³/mol. The first-order chi connectivity index (χ1) is 10.8. The molecule has 1 heterocycles. The Morgan fingerprint density at radius 1 is 1.09 bits per heavy atom. The topological polar surface area (TPSA) is 64.4 Å². The fourth-order valence-electron chi connectivity index (χ4n) is 1.99. The first-order valence-corrected chi connectivity index (χ1v) is 6.74. The molecule has 110 valence electrons. The molecule has 0 aliphatic rings. The second-order valence-electron chi connectivity index (χ2n) is 4.63. The molecule has 0 fully saturated rings. The molecule has 22 heavy (non-hydrogen) atoms. The Hall–Kier alpha value is -3.08. The molecule has 0 atom stereocenters. The van der Waals surface area contributed by atoms with Crippen LogP contribution in [-0.4, -0.2) is 18.2 Å². The molecular formula is C17H14N2O3. The molecule has 3 rings (SSSR count). The van der Waals surface area contributed by atoms with Gasteiger partial charge >= 0.3 is 0 Å². The van der Waals surface area contributed by atoms with Gasteiger partial charge in [0, 0.05) is 17.3 Å². The van der Waals surface area contributed by atoms with Gasteiger partial charge in [0.2, 0.25) is 0 Å². The Morgan fingerprint density at radius 2 is 1.82 bits per heavy atom. The van der Waals surface area contributed by atoms with E-state index in [0.717, 1.165) is 11.3 Å². The summed E-state index contributed by atoms with van der Waals surface area (Å²) < 4.78 is 10.3. The summed E-state index contributed by atoms with van der Waals surface area (Å²) in [6, 6.07) is 18.2. The molecule has 3 aromatic rings. The van der Waals surface area contributed by atoms with E-state index in [9.17, 15) is 4.79 Å². The highest BCUT2D eigenvalue weighted by atomic mass is 16.5. The van der Waals surface area contributed by atoms with Crippen LogP contribution in [0.5, 0.6) is 5.75 Å². The van der Waals surface area contributed by atoms with Crippen LogP contribution in [0.2, 0.25) is 0 Å². The number of aromatic nitrogens is 1. The SMILES string of the molecule is COc1ccc(NC(=O)c2cc(-c3ccccc3)on2)cc1. The number of rotatable bonds is 4. The molecule has 0 saturated carbocycles. The number of carbonyl (C=O) groups is 1. The van der Waals surface area contributed by atoms with Crippen LogP contribution < -0.4 is 10.1 Å². The second-order valence-corrected chi connectivity index (χ2v) is 4.63. The number of hydrogen-bond donors (Lipinski definition) is 1. The first kappa shape index (κ1) is 13.9. The Bertz CT molecular complexity index is 764. The lowest BCUT2D eigenvalue weighted by Crippen LogP contribution is -2.11. The third kappa shape index (κ3) is 2.98. The summed E-state index contributed by atoms with van der Waals surface area (Å²) in [6.45, 7) is 0. The van der Waals surface area contributed by atoms with Crippen molar-refractivity contribution in [1.82, 2.24) is 5.16 Å². The molecule has 0 spiro atoms. The average molecular weight is 294 g/mol. The molecule has 0 saturated heterocycles. The van der Waals surface area contributed by atoms with Crippen LogP contribution in [0.4, 0.5) is 5.69 Å². The summed E-state index contributed by atoms with van der Waals surface area (Å²) in [7, 11) is 1.59. The van der Waals surface area contributed by atoms with Gasteiger partial charge in [0.15, 0.2) is 11.5 Å². The number of ether oxygens (including phenoxy) is 1. The largest absolute Gasteiger partial charge is 0.497 e. The monoisotopic (exact) mass is 294 g/mol. The highest BCUT2D eigenvalue weighted by molar-refractivity contribution is 6.03. The van der Waals surface area contributed by atoms with Crippen molar-refractivity contribution in [1.29, 1.82) is 0 Å². The van der Waals surface area contributed by atoms with E-state index in [1.54, 1.807) is 37.4 Å². The molecule has 1 N–H and O–H groups in total. The number of nitrogens with zero attached hydrogens (tertiary/aromatic N) is 1. The number of carbonyl (C=O) groups excluding carboxylic acids is 1. The number of benzene rings is 2. The molecule has 0 unspecified atom stereocenters. The molecular weight excluding hydrogens is 280 g/mol. The summed E-state index contributed by atoms with van der Waals surface area (Å²) >= 11 is 0. The predicted octanol–water partition coefficient (Wildman–Crippen LogP) is 3.60. The summed E-state index contributed by atoms with van der Waals surface area (Å²) in [5.74, 6) is 0.961. The van der Waals surface area contributed by atoms with Crippen LogP contribution in [0.15, 0.2) is 65.2 Å². The quantitative estimate of drug-likeness (QED) is 0.798. The maximum absolute atomic E-state index is 12.1. The zero-order chi connectivity index (χ0) is 15.4. The molecule has 0 bridgehead atoms. The fourth-order valence-corrected chi connectivity index (χ4v) is 1.99. The lowest BCUT2D eigenvalue weighted by Gasteiger charge is -2.04. The second kappa shape index (κ2) is 6.13. The lowest BCUT2D eigenvalue weighted by molar-refractivity contribution is 0.101. The van der Waals surface area contributed by atoms with Crippen molar-refractivity contribution in [3.8, 4) is 17.1 Å². The van der Waals surface area contributed by atoms with Gasteiger partial charge in [0.25, 0.3) is 5.91 Å². The van der Waals surface area contributed by atoms with E-state index in [4.69, 9.17) is 9.26 Å². The standard InChI is InChI=1S/C17H14N2O3/c1-21-14-9-7-13(8-10-14)18-17(20)15-11-16(22-19-15)12-5-3-2-4-6-12/h2-11H,1H3,(H,18,20). The maximum Gasteiger partial charge on any atom is 0.277 e. The summed E-state index contributed by atoms with van der Waals surface area (Å²) in [6.07, 6.45) is 0. The van der Waals surface area contributed by atoms with Crippen molar-refractivity contribution in [2.24, 2.45) is 0 Å². The fraction of sp³-hybridized carbons (Fsp3) is 0.0588. The van der Waals surface area contributed by atoms with Gasteiger partial charge in [0.1, 0.15) is 5.75 Å². The molecule has 0 aliphatic heterocycles. The van der Waals surface area contributed by atoms with Crippen molar-refractivity contribution in [2.45, 2.75) is 0 Å². The van der Waals surface area contributed by atoms with E-state index in [1.165, 1.54) is 0 Å². The number of amides is 1. The van der Waals surface area contributed by atoms with Crippen LogP contribution >= 0.6 is 0 Å². The Morgan fingerprint density at radius 3 is 2.50 bits per heavy atom. The van der Waals surface area contributed by atoms with Gasteiger partial charge in [-0.05, 0) is 24.3 Å². The van der Waals surface area contributed by atoms with Crippen molar-refractivity contribution in [3.63, 3.8) is 0 Å². The smallest absolute Gasteiger partial charge is 0.277 e. The Labute approximate surface area is 127 Å². The zero-order valence-corrected chi connectivity index (χ0v) is 11.9. The minimum absolute atomic E-state index is 0.231. The number of anilines is 1. The van der Waals surface area contributed by atoms with Gasteiger partial charge in [-0.25, -0.2) is 0 Å². The first-order valence-electron chi connectivity index (χ1n) is 6.74. The molecule has 2 aromatic carbocycles. The lowest BCUT2D eigenvalue weighted by atomic mass is 10.1. The molecule has 5 nitrogen and oxygen atoms in total. The van der Waals surface area contributed by atoms with Crippen LogP contribution in [0.25, 0.3) is 11.3 Å². The number of methoxy groups -OCH3 is 1. The van der Waals surface area contributed by atoms with E-state index in [-0.39, 0.29) is 11.6 Å². The molecule has 1 aromatic heterocycles. The van der Waals surface area contributed by atoms with Crippen molar-refractivity contribution in [2.75, 3.05) is 12.4 Å². The van der Waals surface area contributed by atoms with E-state index < -0.39 is 0 Å². The third-order valence-corrected chi connectivity index (χ3v) is 3.15. The number of nitrogens with one attached hydrogen (secondary N) is 1. The van der Waals surface area contributed by atoms with Gasteiger partial charge in [-0.3, -0.25) is 4.79 Å². The van der Waals surface area contributed by atoms with E-state index >= 15 is 0 Å². The Balaban J connectivity index is 1.74. The van der Waals surface area contributed by atoms with Crippen LogP contribution in [0, 0.1) is 0 Å².